The van der Waals surface area contributed by atoms with Crippen LogP contribution in [-0.2, 0) is 14.8 Å². The lowest BCUT2D eigenvalue weighted by Crippen LogP contribution is -2.44. The fraction of sp³-hybridized carbons (Fsp3) is 0.250. The second-order valence-corrected chi connectivity index (χ2v) is 8.85. The van der Waals surface area contributed by atoms with Crippen molar-refractivity contribution in [2.45, 2.75) is 23.1 Å². The van der Waals surface area contributed by atoms with Crippen LogP contribution in [0.25, 0.3) is 11.0 Å². The topological polar surface area (TPSA) is 84.3 Å². The summed E-state index contributed by atoms with van der Waals surface area (Å²) >= 11 is 1.16. The predicted molar refractivity (Wildman–Crippen MR) is 95.3 cm³/mol. The molecule has 130 valence electrons. The molecule has 3 heterocycles. The molecule has 1 aliphatic rings. The van der Waals surface area contributed by atoms with Gasteiger partial charge in [0.15, 0.2) is 0 Å². The van der Waals surface area contributed by atoms with Gasteiger partial charge in [-0.1, -0.05) is 18.2 Å². The van der Waals surface area contributed by atoms with Crippen molar-refractivity contribution in [2.24, 2.45) is 0 Å². The molecular formula is C16H16N4O3S2. The Morgan fingerprint density at radius 3 is 2.88 bits per heavy atom. The highest BCUT2D eigenvalue weighted by molar-refractivity contribution is 7.91. The minimum atomic E-state index is -3.64. The van der Waals surface area contributed by atoms with Crippen LogP contribution in [-0.4, -0.2) is 40.9 Å². The molecule has 1 aliphatic heterocycles. The molecule has 1 atom stereocenters. The second kappa shape index (κ2) is 6.25. The first-order valence-corrected chi connectivity index (χ1v) is 10.2. The van der Waals surface area contributed by atoms with Gasteiger partial charge >= 0.3 is 0 Å². The summed E-state index contributed by atoms with van der Waals surface area (Å²) < 4.78 is 28.6. The number of carbonyl (C=O) groups excluding carboxylic acids is 1. The molecule has 1 saturated heterocycles. The summed E-state index contributed by atoms with van der Waals surface area (Å²) in [5.41, 5.74) is 4.29. The molecule has 1 unspecified atom stereocenters. The lowest BCUT2D eigenvalue weighted by Gasteiger charge is -2.22. The zero-order valence-corrected chi connectivity index (χ0v) is 14.8. The zero-order valence-electron chi connectivity index (χ0n) is 13.2. The number of sulfonamides is 1. The maximum Gasteiger partial charge on any atom is 0.257 e. The van der Waals surface area contributed by atoms with Crippen molar-refractivity contribution in [3.63, 3.8) is 0 Å². The van der Waals surface area contributed by atoms with E-state index in [1.807, 2.05) is 24.3 Å². The Kier molecular flexibility index (Phi) is 4.06. The van der Waals surface area contributed by atoms with Gasteiger partial charge < -0.3 is 0 Å². The summed E-state index contributed by atoms with van der Waals surface area (Å²) in [4.78, 5) is 16.9. The smallest absolute Gasteiger partial charge is 0.257 e. The molecule has 7 nitrogen and oxygen atoms in total. The molecule has 25 heavy (non-hydrogen) atoms. The summed E-state index contributed by atoms with van der Waals surface area (Å²) in [5, 5.41) is 1.72. The van der Waals surface area contributed by atoms with Crippen LogP contribution in [0.15, 0.2) is 52.3 Å². The van der Waals surface area contributed by atoms with Crippen molar-refractivity contribution in [3.8, 4) is 0 Å². The normalized spacial score (nSPS) is 18.6. The van der Waals surface area contributed by atoms with E-state index in [1.54, 1.807) is 17.5 Å². The Labute approximate surface area is 148 Å². The van der Waals surface area contributed by atoms with Crippen LogP contribution in [0.5, 0.6) is 0 Å². The second-order valence-electron chi connectivity index (χ2n) is 5.79. The van der Waals surface area contributed by atoms with Gasteiger partial charge in [0.05, 0.1) is 11.0 Å². The maximum absolute atomic E-state index is 12.8. The largest absolute Gasteiger partial charge is 0.271 e. The SMILES string of the molecule is O=C(Nn1cnc2ccccc21)C1CCCN1S(=O)(=O)c1cccs1. The fourth-order valence-corrected chi connectivity index (χ4v) is 5.83. The number of hydrogen-bond donors (Lipinski definition) is 1. The molecule has 9 heteroatoms. The van der Waals surface area contributed by atoms with Gasteiger partial charge in [-0.15, -0.1) is 11.3 Å². The number of carbonyl (C=O) groups is 1. The summed E-state index contributed by atoms with van der Waals surface area (Å²) in [6.45, 7) is 0.350. The van der Waals surface area contributed by atoms with E-state index in [-0.39, 0.29) is 10.1 Å². The number of nitrogens with one attached hydrogen (secondary N) is 1. The number of fused-ring (bicyclic) bond motifs is 1. The summed E-state index contributed by atoms with van der Waals surface area (Å²) in [5.74, 6) is -0.346. The molecule has 0 spiro atoms. The molecule has 4 rings (SSSR count). The minimum absolute atomic E-state index is 0.264. The Morgan fingerprint density at radius 2 is 2.08 bits per heavy atom. The van der Waals surface area contributed by atoms with Crippen molar-refractivity contribution >= 4 is 38.3 Å². The van der Waals surface area contributed by atoms with Gasteiger partial charge in [-0.2, -0.15) is 4.31 Å². The van der Waals surface area contributed by atoms with Crippen molar-refractivity contribution in [1.29, 1.82) is 0 Å². The lowest BCUT2D eigenvalue weighted by atomic mass is 10.2. The maximum atomic E-state index is 12.8. The van der Waals surface area contributed by atoms with E-state index in [0.29, 0.717) is 19.4 Å². The Balaban J connectivity index is 1.59. The molecule has 0 radical (unpaired) electrons. The third-order valence-electron chi connectivity index (χ3n) is 4.25. The highest BCUT2D eigenvalue weighted by atomic mass is 32.2. The van der Waals surface area contributed by atoms with Crippen LogP contribution in [0.2, 0.25) is 0 Å². The van der Waals surface area contributed by atoms with Gasteiger partial charge in [0, 0.05) is 6.54 Å². The van der Waals surface area contributed by atoms with E-state index in [0.717, 1.165) is 22.4 Å². The first-order chi connectivity index (χ1) is 12.1. The average Bonchev–Trinajstić information content (AvgIpc) is 3.35. The number of imidazole rings is 1. The Morgan fingerprint density at radius 1 is 1.24 bits per heavy atom. The van der Waals surface area contributed by atoms with E-state index in [2.05, 4.69) is 10.4 Å². The third-order valence-corrected chi connectivity index (χ3v) is 7.53. The summed E-state index contributed by atoms with van der Waals surface area (Å²) in [6, 6.07) is 9.97. The fourth-order valence-electron chi connectivity index (χ4n) is 3.06. The van der Waals surface area contributed by atoms with Gasteiger partial charge in [-0.25, -0.2) is 18.1 Å². The number of nitrogens with zero attached hydrogens (tertiary/aromatic N) is 3. The van der Waals surface area contributed by atoms with Crippen LogP contribution in [0, 0.1) is 0 Å². The van der Waals surface area contributed by atoms with E-state index in [4.69, 9.17) is 0 Å². The van der Waals surface area contributed by atoms with E-state index >= 15 is 0 Å². The highest BCUT2D eigenvalue weighted by Gasteiger charge is 2.40. The molecule has 1 N–H and O–H groups in total. The molecule has 2 aromatic heterocycles. The summed E-state index contributed by atoms with van der Waals surface area (Å²) in [6.07, 6.45) is 2.69. The molecule has 0 saturated carbocycles. The van der Waals surface area contributed by atoms with Gasteiger partial charge in [-0.05, 0) is 36.4 Å². The zero-order chi connectivity index (χ0) is 17.4. The minimum Gasteiger partial charge on any atom is -0.271 e. The molecule has 1 aromatic carbocycles. The van der Waals surface area contributed by atoms with E-state index in [1.165, 1.54) is 15.3 Å². The van der Waals surface area contributed by atoms with Crippen LogP contribution in [0.4, 0.5) is 0 Å². The lowest BCUT2D eigenvalue weighted by molar-refractivity contribution is -0.120. The van der Waals surface area contributed by atoms with Gasteiger partial charge in [0.2, 0.25) is 0 Å². The highest BCUT2D eigenvalue weighted by Crippen LogP contribution is 2.28. The molecule has 1 fully saturated rings. The number of aromatic nitrogens is 2. The standard InChI is InChI=1S/C16H16N4O3S2/c21-16(18-19-11-17-12-5-1-2-6-13(12)19)14-7-3-9-20(14)25(22,23)15-8-4-10-24-15/h1-2,4-6,8,10-11,14H,3,7,9H2,(H,18,21). The Bertz CT molecular complexity index is 1010. The van der Waals surface area contributed by atoms with E-state index in [9.17, 15) is 13.2 Å². The van der Waals surface area contributed by atoms with Gasteiger partial charge in [-0.3, -0.25) is 10.2 Å². The van der Waals surface area contributed by atoms with Crippen molar-refractivity contribution in [1.82, 2.24) is 14.0 Å². The first kappa shape index (κ1) is 16.2. The van der Waals surface area contributed by atoms with Crippen LogP contribution in [0.1, 0.15) is 12.8 Å². The number of rotatable bonds is 4. The molecule has 0 bridgehead atoms. The molecular weight excluding hydrogens is 360 g/mol. The molecule has 1 amide bonds. The van der Waals surface area contributed by atoms with Gasteiger partial charge in [0.25, 0.3) is 15.9 Å². The number of benzene rings is 1. The number of hydrogen-bond acceptors (Lipinski definition) is 5. The number of para-hydroxylation sites is 2. The monoisotopic (exact) mass is 376 g/mol. The number of thiophene rings is 1. The average molecular weight is 376 g/mol. The molecule has 0 aliphatic carbocycles. The van der Waals surface area contributed by atoms with Crippen LogP contribution < -0.4 is 5.43 Å². The predicted octanol–water partition coefficient (Wildman–Crippen LogP) is 2.02. The van der Waals surface area contributed by atoms with Crippen molar-refractivity contribution in [3.05, 3.63) is 48.1 Å². The van der Waals surface area contributed by atoms with Crippen molar-refractivity contribution < 1.29 is 13.2 Å². The van der Waals surface area contributed by atoms with E-state index < -0.39 is 16.1 Å². The third kappa shape index (κ3) is 2.84. The first-order valence-electron chi connectivity index (χ1n) is 7.86. The Hall–Kier alpha value is -2.23. The number of amides is 1. The quantitative estimate of drug-likeness (QED) is 0.755. The molecule has 3 aromatic rings. The van der Waals surface area contributed by atoms with Crippen LogP contribution >= 0.6 is 11.3 Å². The van der Waals surface area contributed by atoms with Crippen molar-refractivity contribution in [2.75, 3.05) is 12.0 Å². The van der Waals surface area contributed by atoms with Gasteiger partial charge in [0.1, 0.15) is 16.6 Å². The summed E-state index contributed by atoms with van der Waals surface area (Å²) in [7, 11) is -3.64. The van der Waals surface area contributed by atoms with Crippen LogP contribution in [0.3, 0.4) is 0 Å².